The molecule has 0 unspecified atom stereocenters. The lowest BCUT2D eigenvalue weighted by Crippen LogP contribution is -2.24. The number of halogens is 1. The van der Waals surface area contributed by atoms with Gasteiger partial charge in [-0.05, 0) is 25.1 Å². The summed E-state index contributed by atoms with van der Waals surface area (Å²) in [7, 11) is -2.28. The summed E-state index contributed by atoms with van der Waals surface area (Å²) >= 11 is 3.25. The van der Waals surface area contributed by atoms with E-state index < -0.39 is 10.0 Å². The largest absolute Gasteiger partial charge is 0.495 e. The third-order valence-electron chi connectivity index (χ3n) is 2.69. The standard InChI is InChI=1S/C13H14BrN3O3S/c1-9-6-16-11(7-15-9)8-17-21(18,19)13-5-10(14)3-4-12(13)20-2/h3-7,17H,8H2,1-2H3. The van der Waals surface area contributed by atoms with E-state index in [1.54, 1.807) is 18.3 Å². The predicted octanol–water partition coefficient (Wildman–Crippen LogP) is 2.03. The van der Waals surface area contributed by atoms with E-state index in [0.717, 1.165) is 5.69 Å². The molecule has 0 aliphatic rings. The van der Waals surface area contributed by atoms with Gasteiger partial charge >= 0.3 is 0 Å². The van der Waals surface area contributed by atoms with Crippen molar-refractivity contribution in [3.8, 4) is 5.75 Å². The van der Waals surface area contributed by atoms with Gasteiger partial charge in [-0.15, -0.1) is 0 Å². The van der Waals surface area contributed by atoms with Gasteiger partial charge in [0, 0.05) is 10.7 Å². The van der Waals surface area contributed by atoms with Crippen LogP contribution < -0.4 is 9.46 Å². The van der Waals surface area contributed by atoms with E-state index in [9.17, 15) is 8.42 Å². The highest BCUT2D eigenvalue weighted by molar-refractivity contribution is 9.10. The number of hydrogen-bond acceptors (Lipinski definition) is 5. The molecule has 0 fully saturated rings. The first-order valence-electron chi connectivity index (χ1n) is 6.03. The summed E-state index contributed by atoms with van der Waals surface area (Å²) in [5.41, 5.74) is 1.31. The minimum Gasteiger partial charge on any atom is -0.495 e. The van der Waals surface area contributed by atoms with Crippen molar-refractivity contribution >= 4 is 26.0 Å². The van der Waals surface area contributed by atoms with Gasteiger partial charge in [0.15, 0.2) is 0 Å². The van der Waals surface area contributed by atoms with Crippen LogP contribution in [0, 0.1) is 6.92 Å². The SMILES string of the molecule is COc1ccc(Br)cc1S(=O)(=O)NCc1cnc(C)cn1. The van der Waals surface area contributed by atoms with E-state index in [1.807, 2.05) is 6.92 Å². The number of nitrogens with one attached hydrogen (secondary N) is 1. The number of aromatic nitrogens is 2. The number of nitrogens with zero attached hydrogens (tertiary/aromatic N) is 2. The topological polar surface area (TPSA) is 81.2 Å². The number of ether oxygens (including phenoxy) is 1. The van der Waals surface area contributed by atoms with Gasteiger partial charge in [0.25, 0.3) is 0 Å². The van der Waals surface area contributed by atoms with Crippen LogP contribution in [0.25, 0.3) is 0 Å². The number of hydrogen-bond donors (Lipinski definition) is 1. The van der Waals surface area contributed by atoms with E-state index in [-0.39, 0.29) is 17.2 Å². The first-order chi connectivity index (χ1) is 9.92. The van der Waals surface area contributed by atoms with Crippen molar-refractivity contribution in [3.63, 3.8) is 0 Å². The molecule has 0 aliphatic carbocycles. The van der Waals surface area contributed by atoms with Gasteiger partial charge in [-0.3, -0.25) is 9.97 Å². The Morgan fingerprint density at radius 2 is 2.05 bits per heavy atom. The van der Waals surface area contributed by atoms with Gasteiger partial charge < -0.3 is 4.74 Å². The normalized spacial score (nSPS) is 11.4. The summed E-state index contributed by atoms with van der Waals surface area (Å²) in [5.74, 6) is 0.278. The van der Waals surface area contributed by atoms with Crippen LogP contribution in [0.1, 0.15) is 11.4 Å². The maximum Gasteiger partial charge on any atom is 0.244 e. The van der Waals surface area contributed by atoms with Crippen LogP contribution in [-0.2, 0) is 16.6 Å². The minimum absolute atomic E-state index is 0.0608. The molecule has 0 aliphatic heterocycles. The fourth-order valence-corrected chi connectivity index (χ4v) is 3.32. The zero-order chi connectivity index (χ0) is 15.5. The fraction of sp³-hybridized carbons (Fsp3) is 0.231. The number of sulfonamides is 1. The zero-order valence-electron chi connectivity index (χ0n) is 11.5. The summed E-state index contributed by atoms with van der Waals surface area (Å²) in [6, 6.07) is 4.79. The monoisotopic (exact) mass is 371 g/mol. The lowest BCUT2D eigenvalue weighted by Gasteiger charge is -2.11. The second-order valence-electron chi connectivity index (χ2n) is 4.27. The molecule has 1 aromatic carbocycles. The Balaban J connectivity index is 2.22. The van der Waals surface area contributed by atoms with Crippen LogP contribution >= 0.6 is 15.9 Å². The molecule has 1 aromatic heterocycles. The van der Waals surface area contributed by atoms with E-state index in [1.165, 1.54) is 19.4 Å². The van der Waals surface area contributed by atoms with Gasteiger partial charge in [-0.1, -0.05) is 15.9 Å². The molecule has 2 aromatic rings. The molecular formula is C13H14BrN3O3S. The van der Waals surface area contributed by atoms with E-state index >= 15 is 0 Å². The summed E-state index contributed by atoms with van der Waals surface area (Å²) in [5, 5.41) is 0. The maximum atomic E-state index is 12.3. The zero-order valence-corrected chi connectivity index (χ0v) is 13.9. The van der Waals surface area contributed by atoms with Gasteiger partial charge in [0.05, 0.1) is 31.2 Å². The van der Waals surface area contributed by atoms with Crippen molar-refractivity contribution in [2.24, 2.45) is 0 Å². The summed E-state index contributed by atoms with van der Waals surface area (Å²) < 4.78 is 32.9. The van der Waals surface area contributed by atoms with Gasteiger partial charge in [-0.2, -0.15) is 0 Å². The highest BCUT2D eigenvalue weighted by Gasteiger charge is 2.19. The lowest BCUT2D eigenvalue weighted by molar-refractivity contribution is 0.402. The molecule has 2 rings (SSSR count). The van der Waals surface area contributed by atoms with Crippen molar-refractivity contribution < 1.29 is 13.2 Å². The first kappa shape index (κ1) is 15.9. The first-order valence-corrected chi connectivity index (χ1v) is 8.31. The molecule has 0 amide bonds. The Labute approximate surface area is 131 Å². The number of methoxy groups -OCH3 is 1. The Morgan fingerprint density at radius 3 is 2.67 bits per heavy atom. The number of aryl methyl sites for hydroxylation is 1. The lowest BCUT2D eigenvalue weighted by atomic mass is 10.3. The molecule has 21 heavy (non-hydrogen) atoms. The Bertz CT molecular complexity index is 733. The van der Waals surface area contributed by atoms with Crippen molar-refractivity contribution in [1.82, 2.24) is 14.7 Å². The van der Waals surface area contributed by atoms with Gasteiger partial charge in [-0.25, -0.2) is 13.1 Å². The van der Waals surface area contributed by atoms with Crippen LogP contribution in [0.15, 0.2) is 40.0 Å². The number of benzene rings is 1. The molecule has 0 bridgehead atoms. The van der Waals surface area contributed by atoms with Crippen LogP contribution in [0.2, 0.25) is 0 Å². The molecule has 0 spiro atoms. The second kappa shape index (κ2) is 6.50. The summed E-state index contributed by atoms with van der Waals surface area (Å²) in [6.07, 6.45) is 3.12. The summed E-state index contributed by atoms with van der Waals surface area (Å²) in [4.78, 5) is 8.24. The smallest absolute Gasteiger partial charge is 0.244 e. The van der Waals surface area contributed by atoms with Crippen LogP contribution in [0.4, 0.5) is 0 Å². The highest BCUT2D eigenvalue weighted by atomic mass is 79.9. The average molecular weight is 372 g/mol. The minimum atomic E-state index is -3.71. The van der Waals surface area contributed by atoms with Crippen molar-refractivity contribution in [2.45, 2.75) is 18.4 Å². The molecule has 0 atom stereocenters. The van der Waals surface area contributed by atoms with Gasteiger partial charge in [0.1, 0.15) is 10.6 Å². The molecule has 0 saturated heterocycles. The molecule has 8 heteroatoms. The predicted molar refractivity (Wildman–Crippen MR) is 81.5 cm³/mol. The molecule has 112 valence electrons. The van der Waals surface area contributed by atoms with Gasteiger partial charge in [0.2, 0.25) is 10.0 Å². The molecule has 0 saturated carbocycles. The Hall–Kier alpha value is -1.51. The third kappa shape index (κ3) is 3.99. The van der Waals surface area contributed by atoms with E-state index in [2.05, 4.69) is 30.6 Å². The summed E-state index contributed by atoms with van der Waals surface area (Å²) in [6.45, 7) is 1.87. The van der Waals surface area contributed by atoms with E-state index in [4.69, 9.17) is 4.74 Å². The fourth-order valence-electron chi connectivity index (χ4n) is 1.62. The number of rotatable bonds is 5. The van der Waals surface area contributed by atoms with Crippen molar-refractivity contribution in [2.75, 3.05) is 7.11 Å². The Kier molecular flexibility index (Phi) is 4.92. The highest BCUT2D eigenvalue weighted by Crippen LogP contribution is 2.27. The molecule has 0 radical (unpaired) electrons. The molecule has 1 heterocycles. The molecule has 1 N–H and O–H groups in total. The van der Waals surface area contributed by atoms with Crippen LogP contribution in [0.5, 0.6) is 5.75 Å². The van der Waals surface area contributed by atoms with Crippen molar-refractivity contribution in [1.29, 1.82) is 0 Å². The molecular weight excluding hydrogens is 358 g/mol. The maximum absolute atomic E-state index is 12.3. The van der Waals surface area contributed by atoms with Crippen LogP contribution in [-0.4, -0.2) is 25.5 Å². The second-order valence-corrected chi connectivity index (χ2v) is 6.92. The third-order valence-corrected chi connectivity index (χ3v) is 4.61. The van der Waals surface area contributed by atoms with E-state index in [0.29, 0.717) is 10.2 Å². The molecule has 6 nitrogen and oxygen atoms in total. The van der Waals surface area contributed by atoms with Crippen molar-refractivity contribution in [3.05, 3.63) is 46.5 Å². The quantitative estimate of drug-likeness (QED) is 0.869. The Morgan fingerprint density at radius 1 is 1.29 bits per heavy atom. The average Bonchev–Trinajstić information content (AvgIpc) is 2.47. The van der Waals surface area contributed by atoms with Crippen LogP contribution in [0.3, 0.4) is 0 Å².